The molecule has 0 unspecified atom stereocenters. The molecule has 0 saturated carbocycles. The van der Waals surface area contributed by atoms with Crippen LogP contribution in [0, 0.1) is 0 Å². The highest BCUT2D eigenvalue weighted by atomic mass is 16.5. The Morgan fingerprint density at radius 1 is 1.12 bits per heavy atom. The number of rotatable bonds is 5. The second-order valence-electron chi connectivity index (χ2n) is 8.17. The van der Waals surface area contributed by atoms with Crippen LogP contribution in [0.25, 0.3) is 10.9 Å². The van der Waals surface area contributed by atoms with Crippen LogP contribution in [0.5, 0.6) is 5.75 Å². The molecular formula is C26H25N3O3. The summed E-state index contributed by atoms with van der Waals surface area (Å²) in [6.07, 6.45) is 4.34. The van der Waals surface area contributed by atoms with Crippen molar-refractivity contribution in [2.45, 2.75) is 25.2 Å². The van der Waals surface area contributed by atoms with Gasteiger partial charge in [0.05, 0.1) is 24.7 Å². The normalized spacial score (nSPS) is 16.3. The molecule has 4 aromatic rings. The van der Waals surface area contributed by atoms with Crippen LogP contribution >= 0.6 is 0 Å². The number of aromatic nitrogens is 2. The van der Waals surface area contributed by atoms with E-state index in [1.807, 2.05) is 65.6 Å². The van der Waals surface area contributed by atoms with E-state index < -0.39 is 0 Å². The molecule has 1 fully saturated rings. The van der Waals surface area contributed by atoms with Gasteiger partial charge in [-0.25, -0.2) is 9.97 Å². The van der Waals surface area contributed by atoms with E-state index in [0.29, 0.717) is 24.6 Å². The lowest BCUT2D eigenvalue weighted by Gasteiger charge is -2.31. The number of piperidine rings is 1. The summed E-state index contributed by atoms with van der Waals surface area (Å²) in [6, 6.07) is 19.5. The molecule has 0 bridgehead atoms. The monoisotopic (exact) mass is 427 g/mol. The summed E-state index contributed by atoms with van der Waals surface area (Å²) in [4.78, 5) is 24.1. The van der Waals surface area contributed by atoms with Crippen LogP contribution in [-0.4, -0.2) is 41.0 Å². The highest BCUT2D eigenvalue weighted by molar-refractivity contribution is 5.95. The van der Waals surface area contributed by atoms with E-state index in [4.69, 9.17) is 9.15 Å². The first-order chi connectivity index (χ1) is 15.7. The molecule has 1 amide bonds. The molecule has 1 saturated heterocycles. The molecule has 32 heavy (non-hydrogen) atoms. The molecule has 6 nitrogen and oxygen atoms in total. The molecule has 0 radical (unpaired) electrons. The van der Waals surface area contributed by atoms with Crippen molar-refractivity contribution >= 4 is 16.8 Å². The number of carbonyl (C=O) groups excluding carboxylic acids is 1. The number of carbonyl (C=O) groups is 1. The van der Waals surface area contributed by atoms with E-state index in [-0.39, 0.29) is 11.8 Å². The van der Waals surface area contributed by atoms with Crippen molar-refractivity contribution in [3.05, 3.63) is 89.8 Å². The maximum atomic E-state index is 13.1. The Balaban J connectivity index is 1.27. The van der Waals surface area contributed by atoms with E-state index in [2.05, 4.69) is 9.97 Å². The van der Waals surface area contributed by atoms with E-state index in [9.17, 15) is 4.79 Å². The van der Waals surface area contributed by atoms with Crippen LogP contribution < -0.4 is 4.74 Å². The third-order valence-corrected chi connectivity index (χ3v) is 5.98. The summed E-state index contributed by atoms with van der Waals surface area (Å²) >= 11 is 0. The zero-order chi connectivity index (χ0) is 21.9. The molecule has 3 heterocycles. The lowest BCUT2D eigenvalue weighted by Crippen LogP contribution is -2.39. The number of hydrogen-bond acceptors (Lipinski definition) is 5. The third-order valence-electron chi connectivity index (χ3n) is 5.98. The van der Waals surface area contributed by atoms with Crippen molar-refractivity contribution in [3.63, 3.8) is 0 Å². The van der Waals surface area contributed by atoms with Crippen molar-refractivity contribution in [3.8, 4) is 5.75 Å². The van der Waals surface area contributed by atoms with Crippen molar-refractivity contribution in [1.29, 1.82) is 0 Å². The molecule has 2 aromatic carbocycles. The second kappa shape index (κ2) is 8.83. The molecule has 2 aromatic heterocycles. The van der Waals surface area contributed by atoms with Crippen molar-refractivity contribution < 1.29 is 13.9 Å². The van der Waals surface area contributed by atoms with Gasteiger partial charge in [-0.1, -0.05) is 36.4 Å². The molecule has 5 rings (SSSR count). The Hall–Kier alpha value is -3.67. The number of pyridine rings is 1. The number of likely N-dealkylation sites (tertiary alicyclic amines) is 1. The first-order valence-electron chi connectivity index (χ1n) is 10.9. The van der Waals surface area contributed by atoms with Gasteiger partial charge in [-0.15, -0.1) is 0 Å². The number of benzene rings is 2. The molecule has 1 aliphatic rings. The van der Waals surface area contributed by atoms with Crippen molar-refractivity contribution in [2.75, 3.05) is 20.2 Å². The predicted octanol–water partition coefficient (Wildman–Crippen LogP) is 4.84. The number of fused-ring (bicyclic) bond motifs is 1. The first-order valence-corrected chi connectivity index (χ1v) is 10.9. The van der Waals surface area contributed by atoms with Gasteiger partial charge in [-0.05, 0) is 42.7 Å². The van der Waals surface area contributed by atoms with Crippen LogP contribution in [0.1, 0.15) is 46.5 Å². The van der Waals surface area contributed by atoms with Crippen LogP contribution in [0.4, 0.5) is 0 Å². The Bertz CT molecular complexity index is 1230. The third kappa shape index (κ3) is 4.21. The van der Waals surface area contributed by atoms with E-state index in [1.54, 1.807) is 13.3 Å². The Labute approximate surface area is 186 Å². The lowest BCUT2D eigenvalue weighted by molar-refractivity contribution is 0.0692. The van der Waals surface area contributed by atoms with Gasteiger partial charge in [0.1, 0.15) is 17.2 Å². The summed E-state index contributed by atoms with van der Waals surface area (Å²) in [6.45, 7) is 1.32. The minimum atomic E-state index is -0.0366. The van der Waals surface area contributed by atoms with Crippen molar-refractivity contribution in [1.82, 2.24) is 14.9 Å². The van der Waals surface area contributed by atoms with Crippen LogP contribution in [0.3, 0.4) is 0 Å². The van der Waals surface area contributed by atoms with E-state index in [0.717, 1.165) is 47.4 Å². The molecule has 6 heteroatoms. The number of para-hydroxylation sites is 1. The zero-order valence-electron chi connectivity index (χ0n) is 18.0. The fraction of sp³-hybridized carbons (Fsp3) is 0.269. The molecular weight excluding hydrogens is 402 g/mol. The van der Waals surface area contributed by atoms with Gasteiger partial charge < -0.3 is 14.1 Å². The number of hydrogen-bond donors (Lipinski definition) is 0. The molecule has 0 spiro atoms. The predicted molar refractivity (Wildman–Crippen MR) is 122 cm³/mol. The lowest BCUT2D eigenvalue weighted by atomic mass is 9.97. The van der Waals surface area contributed by atoms with Crippen LogP contribution in [0.15, 0.2) is 71.3 Å². The van der Waals surface area contributed by atoms with Gasteiger partial charge in [-0.2, -0.15) is 0 Å². The van der Waals surface area contributed by atoms with E-state index in [1.165, 1.54) is 0 Å². The smallest absolute Gasteiger partial charge is 0.272 e. The van der Waals surface area contributed by atoms with Crippen molar-refractivity contribution in [2.24, 2.45) is 0 Å². The van der Waals surface area contributed by atoms with Gasteiger partial charge in [0.15, 0.2) is 5.89 Å². The number of amides is 1. The van der Waals surface area contributed by atoms with Crippen LogP contribution in [-0.2, 0) is 6.42 Å². The number of oxazole rings is 1. The topological polar surface area (TPSA) is 68.5 Å². The van der Waals surface area contributed by atoms with Gasteiger partial charge >= 0.3 is 0 Å². The molecule has 0 aliphatic carbocycles. The average Bonchev–Trinajstić information content (AvgIpc) is 3.32. The summed E-state index contributed by atoms with van der Waals surface area (Å²) in [7, 11) is 1.66. The first kappa shape index (κ1) is 20.2. The van der Waals surface area contributed by atoms with E-state index >= 15 is 0 Å². The highest BCUT2D eigenvalue weighted by Gasteiger charge is 2.29. The summed E-state index contributed by atoms with van der Waals surface area (Å²) in [5.74, 6) is 2.42. The maximum absolute atomic E-state index is 13.1. The molecule has 1 aliphatic heterocycles. The average molecular weight is 428 g/mol. The second-order valence-corrected chi connectivity index (χ2v) is 8.17. The highest BCUT2D eigenvalue weighted by Crippen LogP contribution is 2.28. The molecule has 1 atom stereocenters. The quantitative estimate of drug-likeness (QED) is 0.456. The fourth-order valence-electron chi connectivity index (χ4n) is 4.25. The Morgan fingerprint density at radius 3 is 2.81 bits per heavy atom. The van der Waals surface area contributed by atoms with Crippen LogP contribution in [0.2, 0.25) is 0 Å². The van der Waals surface area contributed by atoms with Gasteiger partial charge in [-0.3, -0.25) is 4.79 Å². The molecule has 0 N–H and O–H groups in total. The number of methoxy groups -OCH3 is 1. The maximum Gasteiger partial charge on any atom is 0.272 e. The van der Waals surface area contributed by atoms with Gasteiger partial charge in [0.2, 0.25) is 0 Å². The SMILES string of the molecule is COc1ccc(Cc2cnc([C@H]3CCCN(C(=O)c4ccc5ccccc5n4)C3)o2)cc1. The Morgan fingerprint density at radius 2 is 1.97 bits per heavy atom. The summed E-state index contributed by atoms with van der Waals surface area (Å²) < 4.78 is 11.3. The largest absolute Gasteiger partial charge is 0.497 e. The summed E-state index contributed by atoms with van der Waals surface area (Å²) in [5, 5.41) is 1.03. The van der Waals surface area contributed by atoms with Gasteiger partial charge in [0, 0.05) is 24.9 Å². The number of ether oxygens (including phenoxy) is 1. The minimum Gasteiger partial charge on any atom is -0.497 e. The molecule has 162 valence electrons. The fourth-order valence-corrected chi connectivity index (χ4v) is 4.25. The van der Waals surface area contributed by atoms with Gasteiger partial charge in [0.25, 0.3) is 5.91 Å². The minimum absolute atomic E-state index is 0.0366. The zero-order valence-corrected chi connectivity index (χ0v) is 18.0. The summed E-state index contributed by atoms with van der Waals surface area (Å²) in [5.41, 5.74) is 2.45. The Kier molecular flexibility index (Phi) is 5.58. The standard InChI is InChI=1S/C26H25N3O3/c1-31-21-11-8-18(9-12-21)15-22-16-27-25(32-22)20-6-4-14-29(17-20)26(30)24-13-10-19-5-2-3-7-23(19)28-24/h2-3,5,7-13,16,20H,4,6,14-15,17H2,1H3/t20-/m0/s1. The number of nitrogens with zero attached hydrogens (tertiary/aromatic N) is 3.